The van der Waals surface area contributed by atoms with Gasteiger partial charge in [-0.1, -0.05) is 48.0 Å². The Balaban J connectivity index is 1.76. The minimum atomic E-state index is -0.405. The molecule has 2 aliphatic rings. The van der Waals surface area contributed by atoms with E-state index in [2.05, 4.69) is 41.9 Å². The highest BCUT2D eigenvalue weighted by molar-refractivity contribution is 6.30. The topological polar surface area (TPSA) is 24.4 Å². The molecule has 1 spiro atoms. The molecular weight excluding hydrogens is 383 g/mol. The van der Waals surface area contributed by atoms with Gasteiger partial charge in [-0.2, -0.15) is 0 Å². The number of benzene rings is 3. The van der Waals surface area contributed by atoms with E-state index in [4.69, 9.17) is 16.6 Å². The molecule has 1 fully saturated rings. The summed E-state index contributed by atoms with van der Waals surface area (Å²) in [6.45, 7) is 2.89. The molecule has 3 aromatic carbocycles. The first kappa shape index (κ1) is 18.5. The molecule has 0 aromatic heterocycles. The average molecular weight is 405 g/mol. The van der Waals surface area contributed by atoms with Crippen molar-refractivity contribution in [2.45, 2.75) is 30.7 Å². The van der Waals surface area contributed by atoms with E-state index in [-0.39, 0.29) is 17.8 Å². The Morgan fingerprint density at radius 2 is 1.93 bits per heavy atom. The predicted molar refractivity (Wildman–Crippen MR) is 117 cm³/mol. The number of rotatable bonds is 2. The SMILES string of the molecule is Cc1ccc(F)cc1[C@H]1NCC[C@@H](c2cccc(Cl)c2)[C@]12C=Nc1ccccc12. The third-order valence-corrected chi connectivity index (χ3v) is 6.66. The number of nitrogens with one attached hydrogen (secondary N) is 1. The monoisotopic (exact) mass is 404 g/mol. The summed E-state index contributed by atoms with van der Waals surface area (Å²) in [4.78, 5) is 4.81. The number of hydrogen-bond acceptors (Lipinski definition) is 2. The molecule has 0 radical (unpaired) electrons. The summed E-state index contributed by atoms with van der Waals surface area (Å²) in [7, 11) is 0. The van der Waals surface area contributed by atoms with E-state index in [1.54, 1.807) is 6.07 Å². The van der Waals surface area contributed by atoms with Crippen molar-refractivity contribution in [1.82, 2.24) is 5.32 Å². The Bertz CT molecular complexity index is 1110. The minimum absolute atomic E-state index is 0.0802. The van der Waals surface area contributed by atoms with Gasteiger partial charge in [-0.3, -0.25) is 4.99 Å². The van der Waals surface area contributed by atoms with Crippen LogP contribution in [0.1, 0.15) is 40.6 Å². The van der Waals surface area contributed by atoms with Crippen LogP contribution in [0, 0.1) is 12.7 Å². The van der Waals surface area contributed by atoms with Gasteiger partial charge in [0, 0.05) is 23.2 Å². The fourth-order valence-corrected chi connectivity index (χ4v) is 5.34. The number of aryl methyl sites for hydroxylation is 1. The normalized spacial score (nSPS) is 25.3. The molecule has 2 aliphatic heterocycles. The quantitative estimate of drug-likeness (QED) is 0.535. The molecule has 3 aromatic rings. The van der Waals surface area contributed by atoms with Gasteiger partial charge in [-0.25, -0.2) is 4.39 Å². The summed E-state index contributed by atoms with van der Waals surface area (Å²) in [5.41, 5.74) is 5.03. The van der Waals surface area contributed by atoms with E-state index < -0.39 is 5.41 Å². The highest BCUT2D eigenvalue weighted by Crippen LogP contribution is 2.56. The van der Waals surface area contributed by atoms with Crippen molar-refractivity contribution >= 4 is 23.5 Å². The standard InChI is InChI=1S/C25H22ClFN2/c1-16-9-10-19(27)14-20(16)24-25(15-29-23-8-3-2-7-22(23)25)21(11-12-28-24)17-5-4-6-18(26)13-17/h2-10,13-15,21,24,28H,11-12H2,1H3/t21-,24+,25-/m0/s1. The molecular formula is C25H22ClFN2. The van der Waals surface area contributed by atoms with Crippen LogP contribution in [0.5, 0.6) is 0 Å². The number of fused-ring (bicyclic) bond motifs is 2. The molecule has 1 N–H and O–H groups in total. The third kappa shape index (κ3) is 2.92. The lowest BCUT2D eigenvalue weighted by molar-refractivity contribution is 0.269. The zero-order chi connectivity index (χ0) is 20.0. The maximum atomic E-state index is 14.3. The number of nitrogens with zero attached hydrogens (tertiary/aromatic N) is 1. The van der Waals surface area contributed by atoms with Crippen molar-refractivity contribution in [2.75, 3.05) is 6.54 Å². The Kier molecular flexibility index (Phi) is 4.53. The fraction of sp³-hybridized carbons (Fsp3) is 0.240. The second-order valence-corrected chi connectivity index (χ2v) is 8.43. The lowest BCUT2D eigenvalue weighted by Crippen LogP contribution is -2.51. The van der Waals surface area contributed by atoms with Crippen molar-refractivity contribution in [3.63, 3.8) is 0 Å². The zero-order valence-electron chi connectivity index (χ0n) is 16.2. The molecule has 2 nitrogen and oxygen atoms in total. The highest BCUT2D eigenvalue weighted by Gasteiger charge is 2.52. The van der Waals surface area contributed by atoms with Gasteiger partial charge in [-0.15, -0.1) is 0 Å². The maximum absolute atomic E-state index is 14.3. The minimum Gasteiger partial charge on any atom is -0.309 e. The molecule has 3 atom stereocenters. The molecule has 2 heterocycles. The van der Waals surface area contributed by atoms with Gasteiger partial charge in [0.1, 0.15) is 5.82 Å². The van der Waals surface area contributed by atoms with Gasteiger partial charge >= 0.3 is 0 Å². The van der Waals surface area contributed by atoms with Crippen LogP contribution in [0.15, 0.2) is 71.7 Å². The van der Waals surface area contributed by atoms with Gasteiger partial charge in [0.15, 0.2) is 0 Å². The van der Waals surface area contributed by atoms with Gasteiger partial charge in [0.2, 0.25) is 0 Å². The van der Waals surface area contributed by atoms with E-state index in [9.17, 15) is 4.39 Å². The molecule has 0 amide bonds. The summed E-state index contributed by atoms with van der Waals surface area (Å²) in [6.07, 6.45) is 3.04. The van der Waals surface area contributed by atoms with Crippen LogP contribution in [0.25, 0.3) is 0 Å². The lowest BCUT2D eigenvalue weighted by atomic mass is 9.60. The summed E-state index contributed by atoms with van der Waals surface area (Å²) >= 11 is 6.36. The number of hydrogen-bond donors (Lipinski definition) is 1. The Hall–Kier alpha value is -2.49. The zero-order valence-corrected chi connectivity index (χ0v) is 17.0. The van der Waals surface area contributed by atoms with Crippen LogP contribution in [0.2, 0.25) is 5.02 Å². The predicted octanol–water partition coefficient (Wildman–Crippen LogP) is 6.26. The molecule has 4 heteroatoms. The van der Waals surface area contributed by atoms with Crippen LogP contribution >= 0.6 is 11.6 Å². The van der Waals surface area contributed by atoms with E-state index in [1.165, 1.54) is 17.2 Å². The molecule has 29 heavy (non-hydrogen) atoms. The first-order valence-electron chi connectivity index (χ1n) is 9.99. The molecule has 1 saturated heterocycles. The fourth-order valence-electron chi connectivity index (χ4n) is 5.14. The molecule has 0 unspecified atom stereocenters. The van der Waals surface area contributed by atoms with Gasteiger partial charge in [0.05, 0.1) is 11.1 Å². The van der Waals surface area contributed by atoms with E-state index in [1.807, 2.05) is 31.2 Å². The molecule has 5 rings (SSSR count). The molecule has 0 saturated carbocycles. The van der Waals surface area contributed by atoms with Crippen molar-refractivity contribution in [2.24, 2.45) is 4.99 Å². The third-order valence-electron chi connectivity index (χ3n) is 6.43. The van der Waals surface area contributed by atoms with Gasteiger partial charge in [0.25, 0.3) is 0 Å². The van der Waals surface area contributed by atoms with Gasteiger partial charge in [-0.05, 0) is 72.5 Å². The lowest BCUT2D eigenvalue weighted by Gasteiger charge is -2.48. The summed E-state index contributed by atoms with van der Waals surface area (Å²) in [5, 5.41) is 4.43. The number of aliphatic imine (C=N–C) groups is 1. The molecule has 0 bridgehead atoms. The van der Waals surface area contributed by atoms with E-state index >= 15 is 0 Å². The molecule has 0 aliphatic carbocycles. The summed E-state index contributed by atoms with van der Waals surface area (Å²) in [5.74, 6) is -0.0295. The molecule has 146 valence electrons. The average Bonchev–Trinajstić information content (AvgIpc) is 3.10. The number of piperidine rings is 1. The second-order valence-electron chi connectivity index (χ2n) is 7.99. The Morgan fingerprint density at radius 3 is 2.79 bits per heavy atom. The van der Waals surface area contributed by atoms with Crippen molar-refractivity contribution in [3.05, 3.63) is 99.8 Å². The van der Waals surface area contributed by atoms with Crippen LogP contribution in [0.4, 0.5) is 10.1 Å². The van der Waals surface area contributed by atoms with Crippen molar-refractivity contribution in [1.29, 1.82) is 0 Å². The Labute approximate surface area is 175 Å². The van der Waals surface area contributed by atoms with Crippen molar-refractivity contribution in [3.8, 4) is 0 Å². The second kappa shape index (κ2) is 7.08. The number of para-hydroxylation sites is 1. The Morgan fingerprint density at radius 1 is 1.07 bits per heavy atom. The summed E-state index contributed by atoms with van der Waals surface area (Å²) in [6, 6.07) is 21.4. The summed E-state index contributed by atoms with van der Waals surface area (Å²) < 4.78 is 14.3. The maximum Gasteiger partial charge on any atom is 0.123 e. The largest absolute Gasteiger partial charge is 0.309 e. The van der Waals surface area contributed by atoms with Crippen LogP contribution in [-0.2, 0) is 5.41 Å². The highest BCUT2D eigenvalue weighted by atomic mass is 35.5. The van der Waals surface area contributed by atoms with Crippen LogP contribution in [-0.4, -0.2) is 12.8 Å². The smallest absolute Gasteiger partial charge is 0.123 e. The van der Waals surface area contributed by atoms with E-state index in [0.29, 0.717) is 0 Å². The number of halogens is 2. The first-order valence-corrected chi connectivity index (χ1v) is 10.4. The van der Waals surface area contributed by atoms with Crippen molar-refractivity contribution < 1.29 is 4.39 Å². The van der Waals surface area contributed by atoms with E-state index in [0.717, 1.165) is 34.8 Å². The van der Waals surface area contributed by atoms with Gasteiger partial charge < -0.3 is 5.32 Å². The first-order chi connectivity index (χ1) is 14.1. The van der Waals surface area contributed by atoms with Crippen LogP contribution < -0.4 is 5.32 Å². The van der Waals surface area contributed by atoms with Crippen LogP contribution in [0.3, 0.4) is 0 Å².